The first-order valence-corrected chi connectivity index (χ1v) is 7.55. The Kier molecular flexibility index (Phi) is 6.19. The summed E-state index contributed by atoms with van der Waals surface area (Å²) < 4.78 is 10.6. The van der Waals surface area contributed by atoms with E-state index in [1.807, 2.05) is 26.0 Å². The minimum Gasteiger partial charge on any atom is -0.507 e. The number of amides is 1. The van der Waals surface area contributed by atoms with Crippen molar-refractivity contribution in [1.29, 1.82) is 0 Å². The highest BCUT2D eigenvalue weighted by Gasteiger charge is 2.03. The van der Waals surface area contributed by atoms with E-state index in [1.165, 1.54) is 12.3 Å². The fourth-order valence-corrected chi connectivity index (χ4v) is 1.88. The number of hydrogen-bond donors (Lipinski definition) is 2. The summed E-state index contributed by atoms with van der Waals surface area (Å²) in [5.74, 6) is 0.818. The van der Waals surface area contributed by atoms with Gasteiger partial charge in [-0.1, -0.05) is 17.7 Å². The third kappa shape index (κ3) is 5.31. The van der Waals surface area contributed by atoms with Crippen molar-refractivity contribution in [3.63, 3.8) is 0 Å². The summed E-state index contributed by atoms with van der Waals surface area (Å²) in [6.45, 7) is 4.21. The van der Waals surface area contributed by atoms with E-state index >= 15 is 0 Å². The first-order valence-electron chi connectivity index (χ1n) is 7.55. The van der Waals surface area contributed by atoms with Crippen LogP contribution in [-0.2, 0) is 4.79 Å². The number of ether oxygens (including phenoxy) is 2. The molecule has 2 rings (SSSR count). The molecule has 0 heterocycles. The van der Waals surface area contributed by atoms with Crippen molar-refractivity contribution in [2.24, 2.45) is 5.10 Å². The van der Waals surface area contributed by atoms with Crippen molar-refractivity contribution < 1.29 is 19.4 Å². The standard InChI is InChI=1S/C18H20N2O4/c1-3-23-16-9-6-14(17(21)10-16)11-19-20-18(22)12-24-15-7-4-13(2)5-8-15/h4-11,21H,3,12H2,1-2H3,(H,20,22). The Hall–Kier alpha value is -3.02. The van der Waals surface area contributed by atoms with Crippen molar-refractivity contribution in [2.75, 3.05) is 13.2 Å². The molecule has 6 nitrogen and oxygen atoms in total. The van der Waals surface area contributed by atoms with Gasteiger partial charge in [-0.15, -0.1) is 0 Å². The molecule has 0 saturated carbocycles. The number of nitrogens with zero attached hydrogens (tertiary/aromatic N) is 1. The maximum atomic E-state index is 11.7. The highest BCUT2D eigenvalue weighted by molar-refractivity contribution is 5.85. The number of carbonyl (C=O) groups is 1. The molecule has 2 aromatic carbocycles. The maximum Gasteiger partial charge on any atom is 0.277 e. The van der Waals surface area contributed by atoms with Gasteiger partial charge in [0.1, 0.15) is 17.2 Å². The van der Waals surface area contributed by atoms with Crippen molar-refractivity contribution >= 4 is 12.1 Å². The molecule has 2 aromatic rings. The van der Waals surface area contributed by atoms with Gasteiger partial charge in [-0.3, -0.25) is 4.79 Å². The number of carbonyl (C=O) groups excluding carboxylic acids is 1. The van der Waals surface area contributed by atoms with Crippen LogP contribution in [0.15, 0.2) is 47.6 Å². The molecule has 6 heteroatoms. The first kappa shape index (κ1) is 17.3. The average Bonchev–Trinajstić information content (AvgIpc) is 2.56. The fraction of sp³-hybridized carbons (Fsp3) is 0.222. The second-order valence-electron chi connectivity index (χ2n) is 5.05. The lowest BCUT2D eigenvalue weighted by Gasteiger charge is -2.06. The number of benzene rings is 2. The molecule has 126 valence electrons. The lowest BCUT2D eigenvalue weighted by molar-refractivity contribution is -0.123. The van der Waals surface area contributed by atoms with Crippen molar-refractivity contribution in [3.8, 4) is 17.2 Å². The number of hydrazone groups is 1. The van der Waals surface area contributed by atoms with E-state index in [-0.39, 0.29) is 12.4 Å². The summed E-state index contributed by atoms with van der Waals surface area (Å²) in [6, 6.07) is 12.3. The van der Waals surface area contributed by atoms with Gasteiger partial charge in [-0.05, 0) is 38.1 Å². The highest BCUT2D eigenvalue weighted by atomic mass is 16.5. The minimum absolute atomic E-state index is 0.0230. The van der Waals surface area contributed by atoms with E-state index < -0.39 is 5.91 Å². The maximum absolute atomic E-state index is 11.7. The third-order valence-electron chi connectivity index (χ3n) is 3.10. The van der Waals surface area contributed by atoms with Gasteiger partial charge in [0.05, 0.1) is 12.8 Å². The normalized spacial score (nSPS) is 10.6. The summed E-state index contributed by atoms with van der Waals surface area (Å²) in [5, 5.41) is 13.6. The zero-order chi connectivity index (χ0) is 17.4. The van der Waals surface area contributed by atoms with E-state index in [0.717, 1.165) is 5.56 Å². The number of aromatic hydroxyl groups is 1. The SMILES string of the molecule is CCOc1ccc(C=NNC(=O)COc2ccc(C)cc2)c(O)c1. The monoisotopic (exact) mass is 328 g/mol. The number of hydrogen-bond acceptors (Lipinski definition) is 5. The molecule has 0 bridgehead atoms. The summed E-state index contributed by atoms with van der Waals surface area (Å²) >= 11 is 0. The second-order valence-corrected chi connectivity index (χ2v) is 5.05. The minimum atomic E-state index is -0.391. The van der Waals surface area contributed by atoms with Gasteiger partial charge in [0.25, 0.3) is 5.91 Å². The largest absolute Gasteiger partial charge is 0.507 e. The predicted octanol–water partition coefficient (Wildman–Crippen LogP) is 2.63. The van der Waals surface area contributed by atoms with Gasteiger partial charge in [0, 0.05) is 11.6 Å². The van der Waals surface area contributed by atoms with Crippen LogP contribution >= 0.6 is 0 Å². The van der Waals surface area contributed by atoms with Gasteiger partial charge in [-0.2, -0.15) is 5.10 Å². The van der Waals surface area contributed by atoms with Gasteiger partial charge in [0.15, 0.2) is 6.61 Å². The summed E-state index contributed by atoms with van der Waals surface area (Å²) in [5.41, 5.74) is 3.93. The van der Waals surface area contributed by atoms with Gasteiger partial charge in [0.2, 0.25) is 0 Å². The van der Waals surface area contributed by atoms with Crippen LogP contribution in [-0.4, -0.2) is 30.4 Å². The van der Waals surface area contributed by atoms with E-state index in [9.17, 15) is 9.90 Å². The second kappa shape index (κ2) is 8.57. The van der Waals surface area contributed by atoms with Gasteiger partial charge in [-0.25, -0.2) is 5.43 Å². The molecular weight excluding hydrogens is 308 g/mol. The summed E-state index contributed by atoms with van der Waals surface area (Å²) in [6.07, 6.45) is 1.36. The van der Waals surface area contributed by atoms with Crippen LogP contribution in [0.5, 0.6) is 17.2 Å². The number of aryl methyl sites for hydroxylation is 1. The van der Waals surface area contributed by atoms with Crippen LogP contribution in [0.1, 0.15) is 18.1 Å². The van der Waals surface area contributed by atoms with Crippen LogP contribution in [0.25, 0.3) is 0 Å². The van der Waals surface area contributed by atoms with Crippen LogP contribution in [0.3, 0.4) is 0 Å². The van der Waals surface area contributed by atoms with Crippen molar-refractivity contribution in [3.05, 3.63) is 53.6 Å². The van der Waals surface area contributed by atoms with Gasteiger partial charge >= 0.3 is 0 Å². The van der Waals surface area contributed by atoms with E-state index in [4.69, 9.17) is 9.47 Å². The summed E-state index contributed by atoms with van der Waals surface area (Å²) in [7, 11) is 0. The first-order chi connectivity index (χ1) is 11.6. The topological polar surface area (TPSA) is 80.2 Å². The van der Waals surface area contributed by atoms with E-state index in [2.05, 4.69) is 10.5 Å². The Morgan fingerprint density at radius 2 is 1.88 bits per heavy atom. The Labute approximate surface area is 140 Å². The Morgan fingerprint density at radius 1 is 1.17 bits per heavy atom. The Bertz CT molecular complexity index is 711. The quantitative estimate of drug-likeness (QED) is 0.605. The van der Waals surface area contributed by atoms with Crippen LogP contribution in [0.4, 0.5) is 0 Å². The van der Waals surface area contributed by atoms with E-state index in [1.54, 1.807) is 24.3 Å². The molecule has 2 N–H and O–H groups in total. The molecule has 0 aromatic heterocycles. The van der Waals surface area contributed by atoms with Crippen LogP contribution < -0.4 is 14.9 Å². The smallest absolute Gasteiger partial charge is 0.277 e. The molecule has 0 atom stereocenters. The molecule has 0 aliphatic rings. The molecule has 0 aliphatic heterocycles. The Morgan fingerprint density at radius 3 is 2.54 bits per heavy atom. The van der Waals surface area contributed by atoms with Crippen molar-refractivity contribution in [2.45, 2.75) is 13.8 Å². The zero-order valence-corrected chi connectivity index (χ0v) is 13.7. The fourth-order valence-electron chi connectivity index (χ4n) is 1.88. The van der Waals surface area contributed by atoms with Crippen molar-refractivity contribution in [1.82, 2.24) is 5.43 Å². The highest BCUT2D eigenvalue weighted by Crippen LogP contribution is 2.22. The molecule has 0 fully saturated rings. The molecule has 0 aliphatic carbocycles. The number of phenolic OH excluding ortho intramolecular Hbond substituents is 1. The number of nitrogens with one attached hydrogen (secondary N) is 1. The summed E-state index contributed by atoms with van der Waals surface area (Å²) in [4.78, 5) is 11.7. The Balaban J connectivity index is 1.82. The molecule has 0 spiro atoms. The third-order valence-corrected chi connectivity index (χ3v) is 3.10. The van der Waals surface area contributed by atoms with E-state index in [0.29, 0.717) is 23.7 Å². The molecular formula is C18H20N2O4. The molecule has 1 amide bonds. The molecule has 0 radical (unpaired) electrons. The average molecular weight is 328 g/mol. The molecule has 24 heavy (non-hydrogen) atoms. The lowest BCUT2D eigenvalue weighted by Crippen LogP contribution is -2.24. The number of rotatable bonds is 7. The molecule has 0 unspecified atom stereocenters. The van der Waals surface area contributed by atoms with Crippen LogP contribution in [0, 0.1) is 6.92 Å². The number of phenols is 1. The molecule has 0 saturated heterocycles. The predicted molar refractivity (Wildman–Crippen MR) is 91.7 cm³/mol. The lowest BCUT2D eigenvalue weighted by atomic mass is 10.2. The van der Waals surface area contributed by atoms with Crippen LogP contribution in [0.2, 0.25) is 0 Å². The van der Waals surface area contributed by atoms with Gasteiger partial charge < -0.3 is 14.6 Å². The zero-order valence-electron chi connectivity index (χ0n) is 13.7.